The standard InChI is InChI=1S/C14H20N4O2S/c1-7(2)12(16)13(20)17-6-11(19)18-14-10(5-15)8(3)9(4)21-14/h7,12H,6,16H2,1-4H3,(H,17,20)(H,18,19)/t12-/m0/s1. The van der Waals surface area contributed by atoms with E-state index in [-0.39, 0.29) is 24.3 Å². The average Bonchev–Trinajstić information content (AvgIpc) is 2.69. The van der Waals surface area contributed by atoms with Crippen molar-refractivity contribution in [2.45, 2.75) is 33.7 Å². The van der Waals surface area contributed by atoms with Gasteiger partial charge in [0, 0.05) is 4.88 Å². The molecule has 0 unspecified atom stereocenters. The minimum Gasteiger partial charge on any atom is -0.346 e. The van der Waals surface area contributed by atoms with Crippen molar-refractivity contribution in [3.63, 3.8) is 0 Å². The van der Waals surface area contributed by atoms with E-state index < -0.39 is 6.04 Å². The van der Waals surface area contributed by atoms with Gasteiger partial charge in [-0.25, -0.2) is 0 Å². The van der Waals surface area contributed by atoms with Crippen LogP contribution in [0.15, 0.2) is 0 Å². The van der Waals surface area contributed by atoms with Crippen LogP contribution in [-0.4, -0.2) is 24.4 Å². The summed E-state index contributed by atoms with van der Waals surface area (Å²) >= 11 is 1.35. The van der Waals surface area contributed by atoms with Gasteiger partial charge in [0.05, 0.1) is 18.2 Å². The molecule has 0 aliphatic heterocycles. The van der Waals surface area contributed by atoms with E-state index in [4.69, 9.17) is 11.0 Å². The van der Waals surface area contributed by atoms with Crippen LogP contribution in [0.2, 0.25) is 0 Å². The maximum absolute atomic E-state index is 11.8. The van der Waals surface area contributed by atoms with Gasteiger partial charge in [0.2, 0.25) is 11.8 Å². The third-order valence-corrected chi connectivity index (χ3v) is 4.32. The van der Waals surface area contributed by atoms with Crippen molar-refractivity contribution in [3.05, 3.63) is 16.0 Å². The molecule has 7 heteroatoms. The molecule has 1 aromatic rings. The van der Waals surface area contributed by atoms with E-state index in [0.717, 1.165) is 10.4 Å². The van der Waals surface area contributed by atoms with Gasteiger partial charge in [0.25, 0.3) is 0 Å². The van der Waals surface area contributed by atoms with Crippen LogP contribution in [-0.2, 0) is 9.59 Å². The van der Waals surface area contributed by atoms with E-state index in [1.807, 2.05) is 27.7 Å². The number of hydrogen-bond acceptors (Lipinski definition) is 5. The second-order valence-electron chi connectivity index (χ2n) is 5.13. The molecule has 114 valence electrons. The Labute approximate surface area is 128 Å². The summed E-state index contributed by atoms with van der Waals surface area (Å²) in [6.45, 7) is 7.23. The maximum atomic E-state index is 11.8. The molecule has 0 fully saturated rings. The molecule has 4 N–H and O–H groups in total. The summed E-state index contributed by atoms with van der Waals surface area (Å²) < 4.78 is 0. The normalized spacial score (nSPS) is 11.9. The fourth-order valence-corrected chi connectivity index (χ4v) is 2.64. The van der Waals surface area contributed by atoms with Crippen molar-refractivity contribution in [1.82, 2.24) is 5.32 Å². The van der Waals surface area contributed by atoms with E-state index in [0.29, 0.717) is 10.6 Å². The van der Waals surface area contributed by atoms with Crippen LogP contribution >= 0.6 is 11.3 Å². The largest absolute Gasteiger partial charge is 0.346 e. The molecule has 0 spiro atoms. The van der Waals surface area contributed by atoms with Gasteiger partial charge >= 0.3 is 0 Å². The second-order valence-corrected chi connectivity index (χ2v) is 6.36. The van der Waals surface area contributed by atoms with Gasteiger partial charge in [0.1, 0.15) is 11.1 Å². The van der Waals surface area contributed by atoms with Gasteiger partial charge in [-0.2, -0.15) is 5.26 Å². The molecule has 0 aliphatic carbocycles. The van der Waals surface area contributed by atoms with E-state index in [1.54, 1.807) is 0 Å². The first-order chi connectivity index (χ1) is 9.77. The zero-order chi connectivity index (χ0) is 16.2. The van der Waals surface area contributed by atoms with Crippen LogP contribution in [0.3, 0.4) is 0 Å². The lowest BCUT2D eigenvalue weighted by atomic mass is 10.1. The smallest absolute Gasteiger partial charge is 0.244 e. The Bertz CT molecular complexity index is 587. The lowest BCUT2D eigenvalue weighted by Gasteiger charge is -2.14. The van der Waals surface area contributed by atoms with Crippen LogP contribution in [0.5, 0.6) is 0 Å². The Morgan fingerprint density at radius 2 is 2.00 bits per heavy atom. The molecule has 6 nitrogen and oxygen atoms in total. The average molecular weight is 308 g/mol. The highest BCUT2D eigenvalue weighted by molar-refractivity contribution is 7.16. The van der Waals surface area contributed by atoms with Crippen LogP contribution in [0, 0.1) is 31.1 Å². The molecule has 0 saturated carbocycles. The summed E-state index contributed by atoms with van der Waals surface area (Å²) in [7, 11) is 0. The molecule has 21 heavy (non-hydrogen) atoms. The molecule has 0 aromatic carbocycles. The molecular formula is C14H20N4O2S. The summed E-state index contributed by atoms with van der Waals surface area (Å²) in [4.78, 5) is 24.5. The number of nitriles is 1. The summed E-state index contributed by atoms with van der Waals surface area (Å²) in [6.07, 6.45) is 0. The summed E-state index contributed by atoms with van der Waals surface area (Å²) in [5, 5.41) is 14.7. The van der Waals surface area contributed by atoms with Gasteiger partial charge in [-0.1, -0.05) is 13.8 Å². The van der Waals surface area contributed by atoms with E-state index in [2.05, 4.69) is 16.7 Å². The lowest BCUT2D eigenvalue weighted by molar-refractivity contribution is -0.125. The number of aryl methyl sites for hydroxylation is 1. The fourth-order valence-electron chi connectivity index (χ4n) is 1.61. The monoisotopic (exact) mass is 308 g/mol. The van der Waals surface area contributed by atoms with Gasteiger partial charge < -0.3 is 16.4 Å². The predicted octanol–water partition coefficient (Wildman–Crippen LogP) is 1.27. The quantitative estimate of drug-likeness (QED) is 0.761. The molecule has 1 atom stereocenters. The first-order valence-corrected chi connectivity index (χ1v) is 7.42. The third kappa shape index (κ3) is 4.28. The molecule has 2 amide bonds. The highest BCUT2D eigenvalue weighted by atomic mass is 32.1. The Balaban J connectivity index is 2.62. The van der Waals surface area contributed by atoms with Crippen molar-refractivity contribution < 1.29 is 9.59 Å². The molecule has 0 bridgehead atoms. The molecule has 1 rings (SSSR count). The number of carbonyl (C=O) groups is 2. The predicted molar refractivity (Wildman–Crippen MR) is 83.0 cm³/mol. The topological polar surface area (TPSA) is 108 Å². The SMILES string of the molecule is Cc1sc(NC(=O)CNC(=O)[C@@H](N)C(C)C)c(C#N)c1C. The number of nitrogens with one attached hydrogen (secondary N) is 2. The van der Waals surface area contributed by atoms with Crippen LogP contribution < -0.4 is 16.4 Å². The number of nitrogens with two attached hydrogens (primary N) is 1. The van der Waals surface area contributed by atoms with Gasteiger partial charge in [-0.3, -0.25) is 9.59 Å². The Hall–Kier alpha value is -1.91. The first kappa shape index (κ1) is 17.1. The maximum Gasteiger partial charge on any atom is 0.244 e. The number of rotatable bonds is 5. The number of hydrogen-bond donors (Lipinski definition) is 3. The minimum atomic E-state index is -0.640. The second kappa shape index (κ2) is 7.20. The molecule has 0 radical (unpaired) electrons. The number of anilines is 1. The number of thiophene rings is 1. The molecule has 0 saturated heterocycles. The van der Waals surface area contributed by atoms with Crippen LogP contribution in [0.1, 0.15) is 29.9 Å². The highest BCUT2D eigenvalue weighted by Gasteiger charge is 2.19. The zero-order valence-corrected chi connectivity index (χ0v) is 13.4. The van der Waals surface area contributed by atoms with Crippen LogP contribution in [0.25, 0.3) is 0 Å². The molecular weight excluding hydrogens is 288 g/mol. The Morgan fingerprint density at radius 1 is 1.38 bits per heavy atom. The molecule has 0 aliphatic rings. The summed E-state index contributed by atoms with van der Waals surface area (Å²) in [6, 6.07) is 1.44. The number of nitrogens with zero attached hydrogens (tertiary/aromatic N) is 1. The molecule has 1 aromatic heterocycles. The Kier molecular flexibility index (Phi) is 5.88. The van der Waals surface area contributed by atoms with Gasteiger partial charge in [-0.05, 0) is 25.3 Å². The third-order valence-electron chi connectivity index (χ3n) is 3.19. The van der Waals surface area contributed by atoms with E-state index in [9.17, 15) is 9.59 Å². The van der Waals surface area contributed by atoms with Crippen LogP contribution in [0.4, 0.5) is 5.00 Å². The van der Waals surface area contributed by atoms with E-state index >= 15 is 0 Å². The van der Waals surface area contributed by atoms with Crippen molar-refractivity contribution in [1.29, 1.82) is 5.26 Å². The minimum absolute atomic E-state index is 0.000785. The van der Waals surface area contributed by atoms with E-state index in [1.165, 1.54) is 11.3 Å². The summed E-state index contributed by atoms with van der Waals surface area (Å²) in [5.41, 5.74) is 7.02. The van der Waals surface area contributed by atoms with Gasteiger partial charge in [-0.15, -0.1) is 11.3 Å². The lowest BCUT2D eigenvalue weighted by Crippen LogP contribution is -2.46. The first-order valence-electron chi connectivity index (χ1n) is 6.61. The van der Waals surface area contributed by atoms with Gasteiger partial charge in [0.15, 0.2) is 0 Å². The summed E-state index contributed by atoms with van der Waals surface area (Å²) in [5.74, 6) is -0.739. The van der Waals surface area contributed by atoms with Crippen molar-refractivity contribution in [2.75, 3.05) is 11.9 Å². The van der Waals surface area contributed by atoms with Crippen molar-refractivity contribution in [3.8, 4) is 6.07 Å². The number of amides is 2. The molecule has 1 heterocycles. The highest BCUT2D eigenvalue weighted by Crippen LogP contribution is 2.31. The Morgan fingerprint density at radius 3 is 2.52 bits per heavy atom. The number of carbonyl (C=O) groups excluding carboxylic acids is 2. The fraction of sp³-hybridized carbons (Fsp3) is 0.500. The van der Waals surface area contributed by atoms with Crippen molar-refractivity contribution >= 4 is 28.2 Å². The zero-order valence-electron chi connectivity index (χ0n) is 12.6. The van der Waals surface area contributed by atoms with Crippen molar-refractivity contribution in [2.24, 2.45) is 11.7 Å².